The topological polar surface area (TPSA) is 29.1 Å². The highest BCUT2D eigenvalue weighted by atomic mass is 127. The molecule has 5 aromatic rings. The number of rotatable bonds is 3. The van der Waals surface area contributed by atoms with E-state index in [2.05, 4.69) is 16.7 Å². The average Bonchev–Trinajstić information content (AvgIpc) is 3.12. The van der Waals surface area contributed by atoms with Crippen LogP contribution in [-0.2, 0) is 18.4 Å². The molecule has 1 aliphatic rings. The average molecular weight is 581 g/mol. The largest absolute Gasteiger partial charge is 1.00 e. The number of amides is 1. The molecule has 170 valence electrons. The Morgan fingerprint density at radius 2 is 1.56 bits per heavy atom. The number of aryl methyl sites for hydroxylation is 2. The standard InChI is InChI=1S/C27H21FN3OS.HI/c1-29-14-12-22-20(17-29)19-16-18(28)10-11-21(19)30(22)15-13-27(32)31-23-6-2-4-8-25(23)33-26-9-5-3-7-24(26)31;/h2-12,14,16-17H,13,15H2,1H3;1H/q+1;/p-1. The summed E-state index contributed by atoms with van der Waals surface area (Å²) in [6.07, 6.45) is 4.30. The number of carbonyl (C=O) groups is 1. The Morgan fingerprint density at radius 1 is 0.912 bits per heavy atom. The maximum absolute atomic E-state index is 14.0. The van der Waals surface area contributed by atoms with Crippen LogP contribution in [0.3, 0.4) is 0 Å². The van der Waals surface area contributed by atoms with E-state index in [4.69, 9.17) is 0 Å². The molecule has 4 nitrogen and oxygen atoms in total. The van der Waals surface area contributed by atoms with Crippen molar-refractivity contribution in [1.82, 2.24) is 4.57 Å². The summed E-state index contributed by atoms with van der Waals surface area (Å²) in [5, 5.41) is 1.84. The lowest BCUT2D eigenvalue weighted by Gasteiger charge is -2.31. The van der Waals surface area contributed by atoms with Crippen molar-refractivity contribution in [2.45, 2.75) is 22.8 Å². The quantitative estimate of drug-likeness (QED) is 0.242. The van der Waals surface area contributed by atoms with Crippen molar-refractivity contribution in [2.75, 3.05) is 4.90 Å². The van der Waals surface area contributed by atoms with E-state index in [9.17, 15) is 9.18 Å². The molecule has 3 heterocycles. The molecule has 0 spiro atoms. The van der Waals surface area contributed by atoms with Crippen LogP contribution >= 0.6 is 11.8 Å². The van der Waals surface area contributed by atoms with Gasteiger partial charge in [-0.15, -0.1) is 0 Å². The number of halogens is 2. The minimum atomic E-state index is -0.261. The predicted octanol–water partition coefficient (Wildman–Crippen LogP) is 2.98. The Hall–Kier alpha value is -2.91. The summed E-state index contributed by atoms with van der Waals surface area (Å²) in [7, 11) is 1.95. The third-order valence-electron chi connectivity index (χ3n) is 6.14. The van der Waals surface area contributed by atoms with E-state index in [0.717, 1.165) is 43.0 Å². The number of nitrogens with zero attached hydrogens (tertiary/aromatic N) is 3. The predicted molar refractivity (Wildman–Crippen MR) is 129 cm³/mol. The first kappa shape index (κ1) is 22.9. The van der Waals surface area contributed by atoms with E-state index in [1.165, 1.54) is 6.07 Å². The molecule has 0 saturated heterocycles. The van der Waals surface area contributed by atoms with Crippen LogP contribution in [0.25, 0.3) is 21.8 Å². The number of aromatic nitrogens is 2. The second-order valence-corrected chi connectivity index (χ2v) is 9.32. The number of hydrogen-bond donors (Lipinski definition) is 0. The number of para-hydroxylation sites is 2. The van der Waals surface area contributed by atoms with Gasteiger partial charge in [-0.1, -0.05) is 36.0 Å². The number of anilines is 2. The van der Waals surface area contributed by atoms with Gasteiger partial charge < -0.3 is 28.5 Å². The Labute approximate surface area is 218 Å². The summed E-state index contributed by atoms with van der Waals surface area (Å²) in [4.78, 5) is 17.6. The van der Waals surface area contributed by atoms with Gasteiger partial charge in [-0.05, 0) is 42.5 Å². The van der Waals surface area contributed by atoms with Gasteiger partial charge in [-0.25, -0.2) is 8.96 Å². The summed E-state index contributed by atoms with van der Waals surface area (Å²) in [6, 6.07) is 22.9. The van der Waals surface area contributed by atoms with Gasteiger partial charge in [-0.3, -0.25) is 9.69 Å². The summed E-state index contributed by atoms with van der Waals surface area (Å²) in [5.74, 6) is -0.225. The Bertz CT molecular complexity index is 1460. The maximum Gasteiger partial charge on any atom is 0.233 e. The molecule has 1 amide bonds. The third kappa shape index (κ3) is 3.76. The van der Waals surface area contributed by atoms with Crippen molar-refractivity contribution in [1.29, 1.82) is 0 Å². The fourth-order valence-electron chi connectivity index (χ4n) is 4.66. The number of pyridine rings is 1. The smallest absolute Gasteiger partial charge is 0.233 e. The van der Waals surface area contributed by atoms with E-state index in [1.807, 2.05) is 71.4 Å². The van der Waals surface area contributed by atoms with Crippen LogP contribution in [0.1, 0.15) is 6.42 Å². The summed E-state index contributed by atoms with van der Waals surface area (Å²) < 4.78 is 18.1. The molecule has 2 aromatic heterocycles. The first-order valence-electron chi connectivity index (χ1n) is 10.9. The Kier molecular flexibility index (Phi) is 6.07. The molecule has 7 heteroatoms. The highest BCUT2D eigenvalue weighted by molar-refractivity contribution is 7.99. The molecule has 0 fully saturated rings. The van der Waals surface area contributed by atoms with Crippen molar-refractivity contribution >= 4 is 50.8 Å². The number of benzene rings is 3. The molecule has 6 rings (SSSR count). The van der Waals surface area contributed by atoms with Gasteiger partial charge in [0.1, 0.15) is 12.9 Å². The molecule has 0 bridgehead atoms. The molecule has 0 aliphatic carbocycles. The molecule has 34 heavy (non-hydrogen) atoms. The van der Waals surface area contributed by atoms with Gasteiger partial charge in [0.05, 0.1) is 22.3 Å². The molecule has 0 radical (unpaired) electrons. The summed E-state index contributed by atoms with van der Waals surface area (Å²) in [5.41, 5.74) is 3.77. The first-order chi connectivity index (χ1) is 16.1. The van der Waals surface area contributed by atoms with Crippen molar-refractivity contribution in [2.24, 2.45) is 7.05 Å². The van der Waals surface area contributed by atoms with Gasteiger partial charge in [-0.2, -0.15) is 0 Å². The van der Waals surface area contributed by atoms with Crippen molar-refractivity contribution < 1.29 is 37.7 Å². The molecular formula is C27H21FIN3OS. The van der Waals surface area contributed by atoms with Gasteiger partial charge in [0, 0.05) is 39.7 Å². The molecule has 0 atom stereocenters. The van der Waals surface area contributed by atoms with E-state index in [-0.39, 0.29) is 35.7 Å². The van der Waals surface area contributed by atoms with E-state index in [1.54, 1.807) is 23.9 Å². The fourth-order valence-corrected chi connectivity index (χ4v) is 5.71. The van der Waals surface area contributed by atoms with Crippen molar-refractivity contribution in [3.63, 3.8) is 0 Å². The van der Waals surface area contributed by atoms with Crippen molar-refractivity contribution in [3.8, 4) is 0 Å². The highest BCUT2D eigenvalue weighted by Crippen LogP contribution is 2.48. The van der Waals surface area contributed by atoms with Crippen LogP contribution in [0.5, 0.6) is 0 Å². The number of fused-ring (bicyclic) bond motifs is 5. The van der Waals surface area contributed by atoms with Crippen LogP contribution in [-0.4, -0.2) is 10.5 Å². The van der Waals surface area contributed by atoms with Gasteiger partial charge >= 0.3 is 0 Å². The molecule has 0 unspecified atom stereocenters. The summed E-state index contributed by atoms with van der Waals surface area (Å²) >= 11 is 1.69. The van der Waals surface area contributed by atoms with Gasteiger partial charge in [0.15, 0.2) is 12.4 Å². The van der Waals surface area contributed by atoms with Crippen LogP contribution in [0, 0.1) is 5.82 Å². The summed E-state index contributed by atoms with van der Waals surface area (Å²) in [6.45, 7) is 0.506. The highest BCUT2D eigenvalue weighted by Gasteiger charge is 2.28. The van der Waals surface area contributed by atoms with Crippen LogP contribution in [0.15, 0.2) is 95.0 Å². The fraction of sp³-hybridized carbons (Fsp3) is 0.111. The monoisotopic (exact) mass is 581 g/mol. The van der Waals surface area contributed by atoms with E-state index in [0.29, 0.717) is 13.0 Å². The van der Waals surface area contributed by atoms with Crippen LogP contribution < -0.4 is 33.4 Å². The molecule has 0 saturated carbocycles. The molecule has 1 aliphatic heterocycles. The molecule has 3 aromatic carbocycles. The van der Waals surface area contributed by atoms with E-state index < -0.39 is 0 Å². The minimum absolute atomic E-state index is 0. The lowest BCUT2D eigenvalue weighted by Crippen LogP contribution is -3.00. The second kappa shape index (κ2) is 9.03. The Morgan fingerprint density at radius 3 is 2.26 bits per heavy atom. The molecular weight excluding hydrogens is 560 g/mol. The van der Waals surface area contributed by atoms with E-state index >= 15 is 0 Å². The molecule has 0 N–H and O–H groups in total. The normalized spacial score (nSPS) is 12.4. The maximum atomic E-state index is 14.0. The number of carbonyl (C=O) groups excluding carboxylic acids is 1. The van der Waals surface area contributed by atoms with Crippen LogP contribution in [0.4, 0.5) is 15.8 Å². The first-order valence-corrected chi connectivity index (χ1v) is 11.7. The zero-order chi connectivity index (χ0) is 22.5. The van der Waals surface area contributed by atoms with Gasteiger partial charge in [0.25, 0.3) is 0 Å². The van der Waals surface area contributed by atoms with Crippen molar-refractivity contribution in [3.05, 3.63) is 91.0 Å². The lowest BCUT2D eigenvalue weighted by molar-refractivity contribution is -0.670. The number of hydrogen-bond acceptors (Lipinski definition) is 2. The lowest BCUT2D eigenvalue weighted by atomic mass is 10.2. The SMILES string of the molecule is C[n+]1ccc2c(c1)c1cc(F)ccc1n2CCC(=O)N1c2ccccc2Sc2ccccc21.[I-]. The zero-order valence-corrected chi connectivity index (χ0v) is 21.4. The Balaban J connectivity index is 0.00000241. The second-order valence-electron chi connectivity index (χ2n) is 8.24. The van der Waals surface area contributed by atoms with Crippen LogP contribution in [0.2, 0.25) is 0 Å². The zero-order valence-electron chi connectivity index (χ0n) is 18.4. The van der Waals surface area contributed by atoms with Gasteiger partial charge in [0.2, 0.25) is 5.91 Å². The minimum Gasteiger partial charge on any atom is -1.00 e. The third-order valence-corrected chi connectivity index (χ3v) is 7.27.